The van der Waals surface area contributed by atoms with Crippen LogP contribution in [0.25, 0.3) is 11.4 Å². The average molecular weight is 226 g/mol. The molecule has 2 rings (SSSR count). The molecular weight excluding hydrogens is 216 g/mol. The van der Waals surface area contributed by atoms with E-state index in [1.807, 2.05) is 12.3 Å². The van der Waals surface area contributed by atoms with Crippen LogP contribution in [0.4, 0.5) is 5.13 Å². The summed E-state index contributed by atoms with van der Waals surface area (Å²) in [6, 6.07) is 0. The van der Waals surface area contributed by atoms with E-state index in [0.29, 0.717) is 5.13 Å². The van der Waals surface area contributed by atoms with Gasteiger partial charge in [-0.2, -0.15) is 0 Å². The molecule has 0 radical (unpaired) electrons. The smallest absolute Gasteiger partial charge is 0.197 e. The number of rotatable bonds is 2. The number of nitrogens with one attached hydrogen (secondary N) is 1. The largest absolute Gasteiger partial charge is 0.300 e. The second kappa shape index (κ2) is 3.64. The van der Waals surface area contributed by atoms with Crippen LogP contribution < -0.4 is 11.3 Å². The number of aromatic nitrogens is 2. The molecule has 14 heavy (non-hydrogen) atoms. The van der Waals surface area contributed by atoms with E-state index in [-0.39, 0.29) is 0 Å². The molecule has 0 aromatic carbocycles. The van der Waals surface area contributed by atoms with E-state index in [9.17, 15) is 0 Å². The lowest BCUT2D eigenvalue weighted by Gasteiger charge is -1.91. The monoisotopic (exact) mass is 226 g/mol. The third-order valence-corrected chi connectivity index (χ3v) is 3.43. The number of aryl methyl sites for hydroxylation is 2. The summed E-state index contributed by atoms with van der Waals surface area (Å²) in [5.74, 6) is 5.26. The molecule has 3 N–H and O–H groups in total. The summed E-state index contributed by atoms with van der Waals surface area (Å²) in [6.07, 6.45) is 0. The fourth-order valence-electron chi connectivity index (χ4n) is 1.22. The van der Waals surface area contributed by atoms with Gasteiger partial charge in [0.05, 0.1) is 5.01 Å². The second-order valence-electron chi connectivity index (χ2n) is 2.82. The molecule has 0 saturated heterocycles. The minimum absolute atomic E-state index is 0.713. The maximum absolute atomic E-state index is 5.26. The zero-order valence-corrected chi connectivity index (χ0v) is 9.50. The van der Waals surface area contributed by atoms with Crippen LogP contribution in [0.1, 0.15) is 9.88 Å². The molecule has 6 heteroatoms. The fraction of sp³-hybridized carbons (Fsp3) is 0.250. The van der Waals surface area contributed by atoms with Gasteiger partial charge in [0.1, 0.15) is 11.4 Å². The van der Waals surface area contributed by atoms with Crippen molar-refractivity contribution in [1.29, 1.82) is 0 Å². The van der Waals surface area contributed by atoms with E-state index in [4.69, 9.17) is 5.84 Å². The van der Waals surface area contributed by atoms with E-state index in [1.165, 1.54) is 16.2 Å². The van der Waals surface area contributed by atoms with Crippen LogP contribution in [0.2, 0.25) is 0 Å². The molecule has 0 aliphatic heterocycles. The molecule has 0 amide bonds. The standard InChI is InChI=1S/C8H10N4S2/c1-4-7(10-5(2)14-4)6-3-13-8(11-6)12-9/h3H,9H2,1-2H3,(H,11,12). The molecule has 0 bridgehead atoms. The van der Waals surface area contributed by atoms with Crippen LogP contribution in [0.5, 0.6) is 0 Å². The van der Waals surface area contributed by atoms with Crippen LogP contribution >= 0.6 is 22.7 Å². The Kier molecular flexibility index (Phi) is 2.49. The van der Waals surface area contributed by atoms with Gasteiger partial charge in [-0.15, -0.1) is 22.7 Å². The summed E-state index contributed by atoms with van der Waals surface area (Å²) in [4.78, 5) is 9.91. The van der Waals surface area contributed by atoms with Crippen LogP contribution in [0.15, 0.2) is 5.38 Å². The minimum Gasteiger partial charge on any atom is -0.300 e. The number of anilines is 1. The number of hydrogen-bond donors (Lipinski definition) is 2. The Hall–Kier alpha value is -0.980. The zero-order valence-electron chi connectivity index (χ0n) is 7.87. The Labute approximate surface area is 89.8 Å². The Morgan fingerprint density at radius 3 is 2.64 bits per heavy atom. The third-order valence-electron chi connectivity index (χ3n) is 1.77. The van der Waals surface area contributed by atoms with Gasteiger partial charge in [0.25, 0.3) is 0 Å². The lowest BCUT2D eigenvalue weighted by Crippen LogP contribution is -2.05. The average Bonchev–Trinajstić information content (AvgIpc) is 2.71. The van der Waals surface area contributed by atoms with Crippen molar-refractivity contribution in [2.75, 3.05) is 5.43 Å². The van der Waals surface area contributed by atoms with Crippen molar-refractivity contribution in [1.82, 2.24) is 9.97 Å². The van der Waals surface area contributed by atoms with Crippen molar-refractivity contribution in [2.45, 2.75) is 13.8 Å². The van der Waals surface area contributed by atoms with Gasteiger partial charge >= 0.3 is 0 Å². The van der Waals surface area contributed by atoms with Gasteiger partial charge in [0, 0.05) is 10.3 Å². The number of nitrogen functional groups attached to an aromatic ring is 1. The molecule has 0 aliphatic rings. The highest BCUT2D eigenvalue weighted by Gasteiger charge is 2.10. The molecule has 0 atom stereocenters. The van der Waals surface area contributed by atoms with Crippen molar-refractivity contribution >= 4 is 27.8 Å². The van der Waals surface area contributed by atoms with Gasteiger partial charge < -0.3 is 0 Å². The molecule has 0 fully saturated rings. The van der Waals surface area contributed by atoms with Crippen molar-refractivity contribution in [3.63, 3.8) is 0 Å². The lowest BCUT2D eigenvalue weighted by atomic mass is 10.3. The van der Waals surface area contributed by atoms with E-state index in [1.54, 1.807) is 11.3 Å². The van der Waals surface area contributed by atoms with E-state index in [0.717, 1.165) is 16.4 Å². The molecule has 2 heterocycles. The van der Waals surface area contributed by atoms with Crippen molar-refractivity contribution < 1.29 is 0 Å². The van der Waals surface area contributed by atoms with Crippen LogP contribution in [0.3, 0.4) is 0 Å². The van der Waals surface area contributed by atoms with Crippen molar-refractivity contribution in [3.05, 3.63) is 15.3 Å². The summed E-state index contributed by atoms with van der Waals surface area (Å²) >= 11 is 3.16. The molecular formula is C8H10N4S2. The van der Waals surface area contributed by atoms with Gasteiger partial charge in [-0.05, 0) is 13.8 Å². The number of hydrazine groups is 1. The quantitative estimate of drug-likeness (QED) is 0.608. The SMILES string of the molecule is Cc1nc(-c2csc(NN)n2)c(C)s1. The topological polar surface area (TPSA) is 63.8 Å². The first-order valence-corrected chi connectivity index (χ1v) is 5.77. The van der Waals surface area contributed by atoms with Gasteiger partial charge in [-0.3, -0.25) is 5.43 Å². The zero-order chi connectivity index (χ0) is 10.1. The maximum Gasteiger partial charge on any atom is 0.197 e. The molecule has 4 nitrogen and oxygen atoms in total. The van der Waals surface area contributed by atoms with Crippen LogP contribution in [-0.4, -0.2) is 9.97 Å². The third kappa shape index (κ3) is 1.63. The van der Waals surface area contributed by atoms with Crippen molar-refractivity contribution in [2.24, 2.45) is 5.84 Å². The summed E-state index contributed by atoms with van der Waals surface area (Å²) < 4.78 is 0. The number of nitrogens with two attached hydrogens (primary N) is 1. The maximum atomic E-state index is 5.26. The minimum atomic E-state index is 0.713. The second-order valence-corrected chi connectivity index (χ2v) is 5.09. The summed E-state index contributed by atoms with van der Waals surface area (Å²) in [7, 11) is 0. The first kappa shape index (κ1) is 9.57. The molecule has 0 aliphatic carbocycles. The Bertz CT molecular complexity index is 446. The number of hydrogen-bond acceptors (Lipinski definition) is 6. The molecule has 0 saturated carbocycles. The lowest BCUT2D eigenvalue weighted by molar-refractivity contribution is 1.23. The first-order valence-electron chi connectivity index (χ1n) is 4.07. The van der Waals surface area contributed by atoms with E-state index in [2.05, 4.69) is 22.3 Å². The predicted molar refractivity (Wildman–Crippen MR) is 60.5 cm³/mol. The Morgan fingerprint density at radius 2 is 2.14 bits per heavy atom. The van der Waals surface area contributed by atoms with Crippen LogP contribution in [0, 0.1) is 13.8 Å². The molecule has 0 unspecified atom stereocenters. The highest BCUT2D eigenvalue weighted by atomic mass is 32.1. The molecule has 2 aromatic rings. The van der Waals surface area contributed by atoms with Crippen LogP contribution in [-0.2, 0) is 0 Å². The highest BCUT2D eigenvalue weighted by Crippen LogP contribution is 2.29. The van der Waals surface area contributed by atoms with Crippen molar-refractivity contribution in [3.8, 4) is 11.4 Å². The Balaban J connectivity index is 2.43. The van der Waals surface area contributed by atoms with Gasteiger partial charge in [0.2, 0.25) is 0 Å². The number of nitrogens with zero attached hydrogens (tertiary/aromatic N) is 2. The van der Waals surface area contributed by atoms with Gasteiger partial charge in [0.15, 0.2) is 5.13 Å². The fourth-order valence-corrected chi connectivity index (χ4v) is 2.65. The van der Waals surface area contributed by atoms with E-state index < -0.39 is 0 Å². The predicted octanol–water partition coefficient (Wildman–Crippen LogP) is 2.17. The molecule has 0 spiro atoms. The summed E-state index contributed by atoms with van der Waals surface area (Å²) in [6.45, 7) is 4.05. The Morgan fingerprint density at radius 1 is 1.36 bits per heavy atom. The molecule has 2 aromatic heterocycles. The van der Waals surface area contributed by atoms with Gasteiger partial charge in [-0.25, -0.2) is 15.8 Å². The molecule has 74 valence electrons. The summed E-state index contributed by atoms with van der Waals surface area (Å²) in [5.41, 5.74) is 4.38. The normalized spacial score (nSPS) is 10.5. The first-order chi connectivity index (χ1) is 6.70. The summed E-state index contributed by atoms with van der Waals surface area (Å²) in [5, 5.41) is 3.73. The van der Waals surface area contributed by atoms with Gasteiger partial charge in [-0.1, -0.05) is 0 Å². The van der Waals surface area contributed by atoms with E-state index >= 15 is 0 Å². The number of thiazole rings is 2. The highest BCUT2D eigenvalue weighted by molar-refractivity contribution is 7.14.